The molecule has 0 spiro atoms. The molecule has 1 aromatic heterocycles. The predicted octanol–water partition coefficient (Wildman–Crippen LogP) is 3.11. The molecule has 1 atom stereocenters. The number of nitrogens with zero attached hydrogens (tertiary/aromatic N) is 2. The van der Waals surface area contributed by atoms with Crippen molar-refractivity contribution in [3.05, 3.63) is 66.1 Å². The molecule has 3 rings (SSSR count). The zero-order valence-electron chi connectivity index (χ0n) is 13.1. The molecule has 2 aromatic carbocycles. The van der Waals surface area contributed by atoms with Gasteiger partial charge in [0.1, 0.15) is 0 Å². The van der Waals surface area contributed by atoms with E-state index >= 15 is 0 Å². The molecule has 0 aliphatic rings. The van der Waals surface area contributed by atoms with Crippen LogP contribution < -0.4 is 5.32 Å². The van der Waals surface area contributed by atoms with E-state index in [1.165, 1.54) is 0 Å². The number of hydrogen-bond acceptors (Lipinski definition) is 5. The summed E-state index contributed by atoms with van der Waals surface area (Å²) in [6.45, 7) is 1.72. The van der Waals surface area contributed by atoms with Gasteiger partial charge in [-0.15, -0.1) is 0 Å². The number of carbonyl (C=O) groups excluding carboxylic acids is 1. The highest BCUT2D eigenvalue weighted by Crippen LogP contribution is 2.21. The van der Waals surface area contributed by atoms with Crippen LogP contribution in [0.2, 0.25) is 0 Å². The Morgan fingerprint density at radius 3 is 2.71 bits per heavy atom. The summed E-state index contributed by atoms with van der Waals surface area (Å²) in [4.78, 5) is 16.3. The fourth-order valence-corrected chi connectivity index (χ4v) is 2.33. The third kappa shape index (κ3) is 3.85. The highest BCUT2D eigenvalue weighted by molar-refractivity contribution is 5.91. The van der Waals surface area contributed by atoms with Crippen LogP contribution in [0.4, 0.5) is 5.69 Å². The number of amides is 1. The number of benzene rings is 2. The molecule has 1 amide bonds. The minimum absolute atomic E-state index is 0.0183. The van der Waals surface area contributed by atoms with E-state index in [9.17, 15) is 9.90 Å². The third-order valence-electron chi connectivity index (χ3n) is 3.50. The van der Waals surface area contributed by atoms with Crippen LogP contribution in [0, 0.1) is 6.92 Å². The Kier molecular flexibility index (Phi) is 4.67. The molecule has 0 radical (unpaired) electrons. The van der Waals surface area contributed by atoms with Crippen LogP contribution in [0.15, 0.2) is 59.1 Å². The van der Waals surface area contributed by atoms with Gasteiger partial charge in [0.2, 0.25) is 17.6 Å². The van der Waals surface area contributed by atoms with Gasteiger partial charge in [-0.1, -0.05) is 47.6 Å². The predicted molar refractivity (Wildman–Crippen MR) is 89.1 cm³/mol. The van der Waals surface area contributed by atoms with Gasteiger partial charge in [0.15, 0.2) is 0 Å². The summed E-state index contributed by atoms with van der Waals surface area (Å²) in [6, 6.07) is 16.2. The van der Waals surface area contributed by atoms with E-state index in [1.54, 1.807) is 37.3 Å². The van der Waals surface area contributed by atoms with E-state index < -0.39 is 6.10 Å². The van der Waals surface area contributed by atoms with Crippen molar-refractivity contribution in [2.75, 3.05) is 5.32 Å². The molecule has 0 fully saturated rings. The molecule has 3 aromatic rings. The fraction of sp³-hybridized carbons (Fsp3) is 0.167. The van der Waals surface area contributed by atoms with Gasteiger partial charge in [-0.05, 0) is 17.7 Å². The lowest BCUT2D eigenvalue weighted by Gasteiger charge is -2.11. The van der Waals surface area contributed by atoms with E-state index in [4.69, 9.17) is 4.52 Å². The molecular formula is C18H17N3O3. The first-order chi connectivity index (χ1) is 11.6. The fourth-order valence-electron chi connectivity index (χ4n) is 2.33. The highest BCUT2D eigenvalue weighted by Gasteiger charge is 2.13. The summed E-state index contributed by atoms with van der Waals surface area (Å²) in [5, 5.41) is 16.7. The Morgan fingerprint density at radius 2 is 2.00 bits per heavy atom. The standard InChI is InChI=1S/C18H17N3O3/c1-12-19-18(21-24-12)14-8-5-9-15(10-14)20-17(23)11-16(22)13-6-3-2-4-7-13/h2-10,16,22H,11H2,1H3,(H,20,23). The van der Waals surface area contributed by atoms with Crippen LogP contribution in [0.3, 0.4) is 0 Å². The number of aromatic nitrogens is 2. The summed E-state index contributed by atoms with van der Waals surface area (Å²) in [6.07, 6.45) is -0.857. The number of aliphatic hydroxyl groups is 1. The Hall–Kier alpha value is -2.99. The lowest BCUT2D eigenvalue weighted by molar-refractivity contribution is -0.118. The number of hydrogen-bond donors (Lipinski definition) is 2. The monoisotopic (exact) mass is 323 g/mol. The van der Waals surface area contributed by atoms with E-state index in [2.05, 4.69) is 15.5 Å². The SMILES string of the molecule is Cc1nc(-c2cccc(NC(=O)CC(O)c3ccccc3)c2)no1. The molecule has 1 unspecified atom stereocenters. The van der Waals surface area contributed by atoms with Gasteiger partial charge in [0, 0.05) is 18.2 Å². The second kappa shape index (κ2) is 7.06. The summed E-state index contributed by atoms with van der Waals surface area (Å²) >= 11 is 0. The molecule has 24 heavy (non-hydrogen) atoms. The van der Waals surface area contributed by atoms with Gasteiger partial charge >= 0.3 is 0 Å². The van der Waals surface area contributed by atoms with Crippen molar-refractivity contribution in [3.8, 4) is 11.4 Å². The van der Waals surface area contributed by atoms with Crippen LogP contribution in [0.25, 0.3) is 11.4 Å². The van der Waals surface area contributed by atoms with Gasteiger partial charge in [-0.2, -0.15) is 4.98 Å². The maximum absolute atomic E-state index is 12.1. The molecular weight excluding hydrogens is 306 g/mol. The number of anilines is 1. The Balaban J connectivity index is 1.66. The second-order valence-electron chi connectivity index (χ2n) is 5.40. The van der Waals surface area contributed by atoms with Crippen molar-refractivity contribution in [3.63, 3.8) is 0 Å². The Morgan fingerprint density at radius 1 is 1.21 bits per heavy atom. The summed E-state index contributed by atoms with van der Waals surface area (Å²) in [7, 11) is 0. The van der Waals surface area contributed by atoms with Crippen LogP contribution in [-0.4, -0.2) is 21.2 Å². The van der Waals surface area contributed by atoms with Crippen LogP contribution in [-0.2, 0) is 4.79 Å². The van der Waals surface area contributed by atoms with Gasteiger partial charge in [0.25, 0.3) is 0 Å². The maximum atomic E-state index is 12.1. The zero-order valence-corrected chi connectivity index (χ0v) is 13.1. The van der Waals surface area contributed by atoms with Crippen molar-refractivity contribution >= 4 is 11.6 Å². The molecule has 2 N–H and O–H groups in total. The van der Waals surface area contributed by atoms with E-state index in [-0.39, 0.29) is 12.3 Å². The zero-order chi connectivity index (χ0) is 16.9. The molecule has 0 aliphatic carbocycles. The first-order valence-corrected chi connectivity index (χ1v) is 7.55. The molecule has 0 bridgehead atoms. The summed E-state index contributed by atoms with van der Waals surface area (Å²) in [5.74, 6) is 0.672. The largest absolute Gasteiger partial charge is 0.388 e. The minimum Gasteiger partial charge on any atom is -0.388 e. The Bertz CT molecular complexity index is 830. The van der Waals surface area contributed by atoms with Gasteiger partial charge in [-0.25, -0.2) is 0 Å². The summed E-state index contributed by atoms with van der Waals surface area (Å²) in [5.41, 5.74) is 2.07. The molecule has 0 saturated carbocycles. The van der Waals surface area contributed by atoms with Gasteiger partial charge < -0.3 is 14.9 Å². The normalized spacial score (nSPS) is 11.9. The van der Waals surface area contributed by atoms with Crippen molar-refractivity contribution in [2.45, 2.75) is 19.4 Å². The summed E-state index contributed by atoms with van der Waals surface area (Å²) < 4.78 is 4.96. The molecule has 6 nitrogen and oxygen atoms in total. The average molecular weight is 323 g/mol. The van der Waals surface area contributed by atoms with E-state index in [0.29, 0.717) is 23.0 Å². The van der Waals surface area contributed by atoms with Gasteiger partial charge in [-0.3, -0.25) is 4.79 Å². The quantitative estimate of drug-likeness (QED) is 0.753. The van der Waals surface area contributed by atoms with E-state index in [0.717, 1.165) is 5.56 Å². The molecule has 122 valence electrons. The van der Waals surface area contributed by atoms with Crippen LogP contribution in [0.1, 0.15) is 24.0 Å². The van der Waals surface area contributed by atoms with Crippen molar-refractivity contribution in [2.24, 2.45) is 0 Å². The first kappa shape index (κ1) is 15.9. The number of nitrogens with one attached hydrogen (secondary N) is 1. The van der Waals surface area contributed by atoms with Crippen LogP contribution in [0.5, 0.6) is 0 Å². The van der Waals surface area contributed by atoms with Crippen molar-refractivity contribution in [1.29, 1.82) is 0 Å². The molecule has 6 heteroatoms. The molecule has 0 aliphatic heterocycles. The van der Waals surface area contributed by atoms with Crippen molar-refractivity contribution < 1.29 is 14.4 Å². The lowest BCUT2D eigenvalue weighted by Crippen LogP contribution is -2.15. The van der Waals surface area contributed by atoms with Gasteiger partial charge in [0.05, 0.1) is 12.5 Å². The molecule has 1 heterocycles. The first-order valence-electron chi connectivity index (χ1n) is 7.55. The third-order valence-corrected chi connectivity index (χ3v) is 3.50. The lowest BCUT2D eigenvalue weighted by atomic mass is 10.1. The second-order valence-corrected chi connectivity index (χ2v) is 5.40. The Labute approximate surface area is 139 Å². The average Bonchev–Trinajstić information content (AvgIpc) is 3.02. The smallest absolute Gasteiger partial charge is 0.227 e. The van der Waals surface area contributed by atoms with Crippen molar-refractivity contribution in [1.82, 2.24) is 10.1 Å². The number of rotatable bonds is 5. The number of carbonyl (C=O) groups is 1. The minimum atomic E-state index is -0.839. The number of aliphatic hydroxyl groups excluding tert-OH is 1. The van der Waals surface area contributed by atoms with E-state index in [1.807, 2.05) is 24.3 Å². The topological polar surface area (TPSA) is 88.2 Å². The van der Waals surface area contributed by atoms with Crippen LogP contribution >= 0.6 is 0 Å². The number of aryl methyl sites for hydroxylation is 1. The maximum Gasteiger partial charge on any atom is 0.227 e. The highest BCUT2D eigenvalue weighted by atomic mass is 16.5. The molecule has 0 saturated heterocycles.